The first-order valence-electron chi connectivity index (χ1n) is 10.5. The lowest BCUT2D eigenvalue weighted by Gasteiger charge is -2.41. The molecule has 1 fully saturated rings. The monoisotopic (exact) mass is 457 g/mol. The van der Waals surface area contributed by atoms with Gasteiger partial charge in [0.05, 0.1) is 31.7 Å². The number of likely N-dealkylation sites (tertiary alicyclic amines) is 1. The molecule has 0 spiro atoms. The number of aromatic nitrogens is 4. The molecule has 1 aliphatic rings. The van der Waals surface area contributed by atoms with Gasteiger partial charge in [-0.05, 0) is 31.0 Å². The smallest absolute Gasteiger partial charge is 0.282 e. The maximum absolute atomic E-state index is 13.7. The molecule has 0 amide bonds. The predicted octanol–water partition coefficient (Wildman–Crippen LogP) is 3.21. The van der Waals surface area contributed by atoms with Crippen LogP contribution in [0.3, 0.4) is 0 Å². The first-order valence-corrected chi connectivity index (χ1v) is 10.5. The number of nitrogens with zero attached hydrogens (tertiary/aromatic N) is 6. The van der Waals surface area contributed by atoms with Crippen LogP contribution in [-0.4, -0.2) is 63.1 Å². The Hall–Kier alpha value is -3.36. The van der Waals surface area contributed by atoms with Crippen molar-refractivity contribution in [3.8, 4) is 5.75 Å². The zero-order chi connectivity index (χ0) is 23.9. The van der Waals surface area contributed by atoms with Gasteiger partial charge in [0.1, 0.15) is 23.6 Å². The fourth-order valence-electron chi connectivity index (χ4n) is 4.58. The molecule has 4 rings (SSSR count). The van der Waals surface area contributed by atoms with E-state index in [1.165, 1.54) is 11.0 Å². The average molecular weight is 457 g/mol. The Morgan fingerprint density at radius 1 is 1.36 bits per heavy atom. The summed E-state index contributed by atoms with van der Waals surface area (Å²) in [5, 5.41) is 13.4. The highest BCUT2D eigenvalue weighted by Crippen LogP contribution is 2.45. The number of methoxy groups -OCH3 is 1. The molecule has 174 valence electrons. The van der Waals surface area contributed by atoms with Crippen molar-refractivity contribution >= 4 is 22.5 Å². The van der Waals surface area contributed by atoms with Gasteiger partial charge >= 0.3 is 0 Å². The van der Waals surface area contributed by atoms with Crippen molar-refractivity contribution in [2.45, 2.75) is 32.2 Å². The third-order valence-electron chi connectivity index (χ3n) is 6.26. The van der Waals surface area contributed by atoms with E-state index < -0.39 is 18.2 Å². The number of nitrogens with two attached hydrogens (primary N) is 1. The van der Waals surface area contributed by atoms with E-state index in [1.54, 1.807) is 20.1 Å². The lowest BCUT2D eigenvalue weighted by Crippen LogP contribution is -2.46. The number of aliphatic hydroxyl groups excluding tert-OH is 1. The number of alkyl halides is 2. The molecule has 1 saturated heterocycles. The van der Waals surface area contributed by atoms with Gasteiger partial charge in [-0.3, -0.25) is 4.90 Å². The minimum absolute atomic E-state index is 0.0229. The van der Waals surface area contributed by atoms with E-state index in [-0.39, 0.29) is 29.4 Å². The van der Waals surface area contributed by atoms with Crippen LogP contribution < -0.4 is 10.5 Å². The standard InChI is InChI=1S/C22H25F2N7O2/c1-11-15(26-3)7-14(19(33-4)16(11)13-8-30(9-13)5-6-32)12(2)31-22-17(18(29-31)20(23)24)21(25)27-10-28-22/h7,10,12-13,20,32H,5-6,8-9H2,1-2,4H3,(H2,25,27,28). The summed E-state index contributed by atoms with van der Waals surface area (Å²) in [6.07, 6.45) is -1.64. The molecule has 1 atom stereocenters. The van der Waals surface area contributed by atoms with E-state index >= 15 is 0 Å². The molecular formula is C22H25F2N7O2. The number of hydrogen-bond acceptors (Lipinski definition) is 7. The quantitative estimate of drug-likeness (QED) is 0.525. The topological polar surface area (TPSA) is 107 Å². The maximum Gasteiger partial charge on any atom is 0.282 e. The molecule has 1 aliphatic heterocycles. The Bertz CT molecular complexity index is 1230. The number of rotatable bonds is 7. The molecule has 3 aromatic rings. The number of nitrogen functional groups attached to an aromatic ring is 1. The zero-order valence-electron chi connectivity index (χ0n) is 18.6. The Balaban J connectivity index is 1.87. The van der Waals surface area contributed by atoms with Crippen LogP contribution in [0.25, 0.3) is 15.9 Å². The van der Waals surface area contributed by atoms with Gasteiger partial charge in [0.2, 0.25) is 0 Å². The third-order valence-corrected chi connectivity index (χ3v) is 6.26. The van der Waals surface area contributed by atoms with E-state index in [4.69, 9.17) is 17.0 Å². The summed E-state index contributed by atoms with van der Waals surface area (Å²) in [7, 11) is 1.56. The molecule has 33 heavy (non-hydrogen) atoms. The molecule has 0 radical (unpaired) electrons. The lowest BCUT2D eigenvalue weighted by atomic mass is 9.84. The van der Waals surface area contributed by atoms with Crippen LogP contribution in [0.2, 0.25) is 0 Å². The van der Waals surface area contributed by atoms with E-state index in [2.05, 4.69) is 24.8 Å². The summed E-state index contributed by atoms with van der Waals surface area (Å²) < 4.78 is 34.7. The van der Waals surface area contributed by atoms with E-state index in [0.717, 1.165) is 24.2 Å². The predicted molar refractivity (Wildman–Crippen MR) is 119 cm³/mol. The second kappa shape index (κ2) is 8.88. The molecule has 9 nitrogen and oxygen atoms in total. The molecule has 1 unspecified atom stereocenters. The van der Waals surface area contributed by atoms with Crippen molar-refractivity contribution < 1.29 is 18.6 Å². The SMILES string of the molecule is [C-]#[N+]c1cc(C(C)n2nc(C(F)F)c3c(N)ncnc32)c(OC)c(C2CN(CCO)C2)c1C. The van der Waals surface area contributed by atoms with Crippen molar-refractivity contribution in [2.75, 3.05) is 39.1 Å². The molecule has 0 bridgehead atoms. The van der Waals surface area contributed by atoms with Crippen LogP contribution in [0, 0.1) is 13.5 Å². The van der Waals surface area contributed by atoms with Crippen molar-refractivity contribution in [3.05, 3.63) is 46.2 Å². The molecule has 1 aromatic carbocycles. The minimum Gasteiger partial charge on any atom is -0.496 e. The van der Waals surface area contributed by atoms with E-state index in [0.29, 0.717) is 23.5 Å². The molecule has 2 aromatic heterocycles. The van der Waals surface area contributed by atoms with Crippen molar-refractivity contribution in [3.63, 3.8) is 0 Å². The summed E-state index contributed by atoms with van der Waals surface area (Å²) in [5.41, 5.74) is 8.44. The lowest BCUT2D eigenvalue weighted by molar-refractivity contribution is 0.114. The van der Waals surface area contributed by atoms with Gasteiger partial charge in [-0.2, -0.15) is 5.10 Å². The highest BCUT2D eigenvalue weighted by Gasteiger charge is 2.34. The number of ether oxygens (including phenoxy) is 1. The molecular weight excluding hydrogens is 432 g/mol. The fraction of sp³-hybridized carbons (Fsp3) is 0.455. The number of fused-ring (bicyclic) bond motifs is 1. The normalized spacial score (nSPS) is 15.6. The van der Waals surface area contributed by atoms with E-state index in [1.807, 2.05) is 6.92 Å². The fourth-order valence-corrected chi connectivity index (χ4v) is 4.58. The summed E-state index contributed by atoms with van der Waals surface area (Å²) in [6, 6.07) is 1.15. The molecule has 0 saturated carbocycles. The Morgan fingerprint density at radius 2 is 2.09 bits per heavy atom. The van der Waals surface area contributed by atoms with Gasteiger partial charge in [-0.15, -0.1) is 0 Å². The second-order valence-electron chi connectivity index (χ2n) is 8.11. The Morgan fingerprint density at radius 3 is 2.70 bits per heavy atom. The van der Waals surface area contributed by atoms with Crippen LogP contribution >= 0.6 is 0 Å². The zero-order valence-corrected chi connectivity index (χ0v) is 18.6. The number of benzene rings is 1. The number of aliphatic hydroxyl groups is 1. The first kappa shape index (κ1) is 22.8. The minimum atomic E-state index is -2.85. The molecule has 0 aliphatic carbocycles. The van der Waals surface area contributed by atoms with Crippen molar-refractivity contribution in [2.24, 2.45) is 0 Å². The first-order chi connectivity index (χ1) is 15.8. The number of halogens is 2. The molecule has 3 heterocycles. The van der Waals surface area contributed by atoms with Crippen molar-refractivity contribution in [1.82, 2.24) is 24.6 Å². The number of anilines is 1. The largest absolute Gasteiger partial charge is 0.496 e. The number of hydrogen-bond donors (Lipinski definition) is 2. The number of β-amino-alcohol motifs (C(OH)–C–C–N with tert-alkyl or cyclic N) is 1. The van der Waals surface area contributed by atoms with Gasteiger partial charge < -0.3 is 15.6 Å². The van der Waals surface area contributed by atoms with Crippen LogP contribution in [0.4, 0.5) is 20.3 Å². The summed E-state index contributed by atoms with van der Waals surface area (Å²) in [5.74, 6) is 0.666. The van der Waals surface area contributed by atoms with Crippen LogP contribution in [0.5, 0.6) is 5.75 Å². The highest BCUT2D eigenvalue weighted by molar-refractivity contribution is 5.88. The Labute approximate surface area is 189 Å². The van der Waals surface area contributed by atoms with Gasteiger partial charge in [0, 0.05) is 31.1 Å². The van der Waals surface area contributed by atoms with E-state index in [9.17, 15) is 13.9 Å². The average Bonchev–Trinajstić information content (AvgIpc) is 3.17. The van der Waals surface area contributed by atoms with Crippen LogP contribution in [0.15, 0.2) is 12.4 Å². The van der Waals surface area contributed by atoms with Crippen molar-refractivity contribution in [1.29, 1.82) is 0 Å². The second-order valence-corrected chi connectivity index (χ2v) is 8.11. The maximum atomic E-state index is 13.7. The highest BCUT2D eigenvalue weighted by atomic mass is 19.3. The molecule has 3 N–H and O–H groups in total. The van der Waals surface area contributed by atoms with Gasteiger partial charge in [0.15, 0.2) is 11.3 Å². The molecule has 11 heteroatoms. The van der Waals surface area contributed by atoms with Gasteiger partial charge in [-0.25, -0.2) is 28.3 Å². The summed E-state index contributed by atoms with van der Waals surface area (Å²) >= 11 is 0. The van der Waals surface area contributed by atoms with Gasteiger partial charge in [0.25, 0.3) is 6.43 Å². The van der Waals surface area contributed by atoms with Crippen LogP contribution in [-0.2, 0) is 0 Å². The third kappa shape index (κ3) is 3.75. The summed E-state index contributed by atoms with van der Waals surface area (Å²) in [6.45, 7) is 13.5. The summed E-state index contributed by atoms with van der Waals surface area (Å²) in [4.78, 5) is 13.8. The Kier molecular flexibility index (Phi) is 6.14. The van der Waals surface area contributed by atoms with Crippen LogP contribution in [0.1, 0.15) is 47.7 Å². The van der Waals surface area contributed by atoms with Gasteiger partial charge in [-0.1, -0.05) is 0 Å².